The molecule has 33 heavy (non-hydrogen) atoms. The van der Waals surface area contributed by atoms with Crippen molar-refractivity contribution in [3.63, 3.8) is 0 Å². The normalized spacial score (nSPS) is 21.0. The molecule has 8 nitrogen and oxygen atoms in total. The number of nitrogens with zero attached hydrogens (tertiary/aromatic N) is 2. The molecule has 0 amide bonds. The molecule has 2 aromatic rings. The van der Waals surface area contributed by atoms with E-state index >= 15 is 0 Å². The first-order valence-corrected chi connectivity index (χ1v) is 11.4. The lowest BCUT2D eigenvalue weighted by atomic mass is 9.89. The second-order valence-corrected chi connectivity index (χ2v) is 8.80. The Balaban J connectivity index is 1.57. The van der Waals surface area contributed by atoms with Crippen LogP contribution in [0.1, 0.15) is 61.3 Å². The van der Waals surface area contributed by atoms with Gasteiger partial charge >= 0.3 is 0 Å². The fourth-order valence-corrected chi connectivity index (χ4v) is 5.07. The van der Waals surface area contributed by atoms with Gasteiger partial charge in [-0.3, -0.25) is 19.0 Å². The number of aliphatic hydroxyl groups is 1. The van der Waals surface area contributed by atoms with Crippen molar-refractivity contribution in [2.24, 2.45) is 0 Å². The van der Waals surface area contributed by atoms with Gasteiger partial charge in [0, 0.05) is 43.5 Å². The Morgan fingerprint density at radius 1 is 1.06 bits per heavy atom. The molecule has 2 fully saturated rings. The van der Waals surface area contributed by atoms with Crippen LogP contribution in [-0.2, 0) is 14.3 Å². The molecule has 1 aromatic heterocycles. The van der Waals surface area contributed by atoms with Gasteiger partial charge in [0.1, 0.15) is 22.7 Å². The fourth-order valence-electron chi connectivity index (χ4n) is 5.07. The predicted molar refractivity (Wildman–Crippen MR) is 119 cm³/mol. The minimum Gasteiger partial charge on any atom is -0.511 e. The summed E-state index contributed by atoms with van der Waals surface area (Å²) in [6, 6.07) is 9.15. The van der Waals surface area contributed by atoms with Crippen molar-refractivity contribution in [2.75, 3.05) is 13.2 Å². The molecule has 1 spiro atoms. The molecule has 0 atom stereocenters. The van der Waals surface area contributed by atoms with Crippen molar-refractivity contribution in [3.05, 3.63) is 63.8 Å². The predicted octanol–water partition coefficient (Wildman–Crippen LogP) is 3.52. The summed E-state index contributed by atoms with van der Waals surface area (Å²) in [5, 5.41) is 10.2. The molecule has 0 bridgehead atoms. The summed E-state index contributed by atoms with van der Waals surface area (Å²) >= 11 is 0. The molecule has 8 heteroatoms. The van der Waals surface area contributed by atoms with Gasteiger partial charge < -0.3 is 14.6 Å². The zero-order chi connectivity index (χ0) is 23.0. The van der Waals surface area contributed by atoms with E-state index in [1.807, 2.05) is 30.3 Å². The summed E-state index contributed by atoms with van der Waals surface area (Å²) in [5.74, 6) is -1.54. The number of allylic oxidation sites excluding steroid dienone is 2. The molecule has 1 aliphatic heterocycles. The van der Waals surface area contributed by atoms with Crippen LogP contribution in [0.25, 0.3) is 11.4 Å². The number of ketones is 2. The van der Waals surface area contributed by atoms with Crippen LogP contribution in [0.4, 0.5) is 0 Å². The highest BCUT2D eigenvalue weighted by Crippen LogP contribution is 2.40. The van der Waals surface area contributed by atoms with Crippen LogP contribution >= 0.6 is 0 Å². The van der Waals surface area contributed by atoms with E-state index in [9.17, 15) is 19.5 Å². The first kappa shape index (κ1) is 21.7. The summed E-state index contributed by atoms with van der Waals surface area (Å²) in [6.45, 7) is 1.14. The van der Waals surface area contributed by atoms with Crippen molar-refractivity contribution in [2.45, 2.75) is 56.8 Å². The minimum atomic E-state index is -0.752. The van der Waals surface area contributed by atoms with Crippen LogP contribution < -0.4 is 5.56 Å². The number of aromatic nitrogens is 2. The van der Waals surface area contributed by atoms with Crippen LogP contribution in [0.3, 0.4) is 0 Å². The average Bonchev–Trinajstić information content (AvgIpc) is 3.28. The molecular formula is C25H26N2O6. The zero-order valence-electron chi connectivity index (χ0n) is 18.3. The van der Waals surface area contributed by atoms with Crippen LogP contribution in [0.5, 0.6) is 0 Å². The number of rotatable bonds is 4. The van der Waals surface area contributed by atoms with Gasteiger partial charge in [-0.15, -0.1) is 0 Å². The molecule has 0 unspecified atom stereocenters. The number of aliphatic hydroxyl groups excluding tert-OH is 1. The Morgan fingerprint density at radius 3 is 2.42 bits per heavy atom. The lowest BCUT2D eigenvalue weighted by Gasteiger charge is -2.36. The molecule has 2 aliphatic carbocycles. The summed E-state index contributed by atoms with van der Waals surface area (Å²) < 4.78 is 13.2. The summed E-state index contributed by atoms with van der Waals surface area (Å²) in [4.78, 5) is 43.8. The Hall–Kier alpha value is -3.10. The van der Waals surface area contributed by atoms with E-state index in [2.05, 4.69) is 4.98 Å². The van der Waals surface area contributed by atoms with Gasteiger partial charge in [-0.25, -0.2) is 4.98 Å². The molecule has 3 aliphatic rings. The molecule has 5 rings (SSSR count). The lowest BCUT2D eigenvalue weighted by molar-refractivity contribution is -0.181. The summed E-state index contributed by atoms with van der Waals surface area (Å²) in [7, 11) is 0. The largest absolute Gasteiger partial charge is 0.511 e. The van der Waals surface area contributed by atoms with E-state index in [1.54, 1.807) is 4.57 Å². The van der Waals surface area contributed by atoms with E-state index < -0.39 is 22.9 Å². The average molecular weight is 450 g/mol. The first-order valence-electron chi connectivity index (χ1n) is 11.4. The van der Waals surface area contributed by atoms with E-state index in [0.717, 1.165) is 5.56 Å². The third kappa shape index (κ3) is 3.94. The molecule has 1 N–H and O–H groups in total. The molecule has 172 valence electrons. The van der Waals surface area contributed by atoms with E-state index in [-0.39, 0.29) is 35.8 Å². The lowest BCUT2D eigenvalue weighted by Crippen LogP contribution is -2.40. The maximum Gasteiger partial charge on any atom is 0.265 e. The van der Waals surface area contributed by atoms with E-state index in [0.29, 0.717) is 51.1 Å². The molecule has 0 radical (unpaired) electrons. The van der Waals surface area contributed by atoms with Gasteiger partial charge in [0.15, 0.2) is 11.6 Å². The smallest absolute Gasteiger partial charge is 0.265 e. The van der Waals surface area contributed by atoms with Crippen molar-refractivity contribution in [1.82, 2.24) is 9.55 Å². The highest BCUT2D eigenvalue weighted by Gasteiger charge is 2.41. The number of Topliss-reactive ketones (excluding diaryl/α,β-unsaturated/α-hetero) is 2. The summed E-state index contributed by atoms with van der Waals surface area (Å²) in [6.07, 6.45) is 4.70. The number of benzene rings is 1. The third-order valence-corrected chi connectivity index (χ3v) is 6.78. The second-order valence-electron chi connectivity index (χ2n) is 8.80. The maximum atomic E-state index is 13.7. The quantitative estimate of drug-likeness (QED) is 0.561. The van der Waals surface area contributed by atoms with Crippen LogP contribution in [-0.4, -0.2) is 45.2 Å². The van der Waals surface area contributed by atoms with Gasteiger partial charge in [0.25, 0.3) is 5.56 Å². The fraction of sp³-hybridized carbons (Fsp3) is 0.440. The molecule has 1 saturated carbocycles. The third-order valence-electron chi connectivity index (χ3n) is 6.78. The molecular weight excluding hydrogens is 424 g/mol. The minimum absolute atomic E-state index is 0.180. The standard InChI is InChI=1S/C25H26N2O6/c28-19-7-4-8-20(29)21(19)22(30)18-15-26-23(16-5-2-1-3-6-16)27(24(18)31)17-9-11-25(12-10-17)32-13-14-33-25/h1-3,5-6,15,17,28H,4,7-14H2. The van der Waals surface area contributed by atoms with Crippen LogP contribution in [0.2, 0.25) is 0 Å². The molecule has 1 aromatic carbocycles. The Bertz CT molecular complexity index is 1170. The SMILES string of the molecule is O=C1CCCC(O)=C1C(=O)c1cnc(-c2ccccc2)n(C2CCC3(CC2)OCCO3)c1=O. The van der Waals surface area contributed by atoms with Gasteiger partial charge in [-0.2, -0.15) is 0 Å². The van der Waals surface area contributed by atoms with Crippen molar-refractivity contribution in [1.29, 1.82) is 0 Å². The first-order chi connectivity index (χ1) is 16.0. The number of ether oxygens (including phenoxy) is 2. The molecule has 2 heterocycles. The number of carbonyl (C=O) groups is 2. The Labute approximate surface area is 190 Å². The Morgan fingerprint density at radius 2 is 1.76 bits per heavy atom. The maximum absolute atomic E-state index is 13.7. The van der Waals surface area contributed by atoms with Gasteiger partial charge in [-0.1, -0.05) is 30.3 Å². The van der Waals surface area contributed by atoms with E-state index in [4.69, 9.17) is 9.47 Å². The summed E-state index contributed by atoms with van der Waals surface area (Å²) in [5.41, 5.74) is -0.213. The zero-order valence-corrected chi connectivity index (χ0v) is 18.3. The monoisotopic (exact) mass is 450 g/mol. The highest BCUT2D eigenvalue weighted by atomic mass is 16.7. The van der Waals surface area contributed by atoms with E-state index in [1.165, 1.54) is 6.20 Å². The number of hydrogen-bond donors (Lipinski definition) is 1. The van der Waals surface area contributed by atoms with Gasteiger partial charge in [-0.05, 0) is 19.3 Å². The van der Waals surface area contributed by atoms with Crippen molar-refractivity contribution >= 4 is 11.6 Å². The Kier molecular flexibility index (Phi) is 5.72. The van der Waals surface area contributed by atoms with Gasteiger partial charge in [0.2, 0.25) is 5.78 Å². The second kappa shape index (κ2) is 8.68. The number of hydrogen-bond acceptors (Lipinski definition) is 7. The van der Waals surface area contributed by atoms with Gasteiger partial charge in [0.05, 0.1) is 13.2 Å². The topological polar surface area (TPSA) is 108 Å². The van der Waals surface area contributed by atoms with Crippen LogP contribution in [0.15, 0.2) is 52.7 Å². The number of carbonyl (C=O) groups excluding carboxylic acids is 2. The molecule has 1 saturated heterocycles. The van der Waals surface area contributed by atoms with Crippen molar-refractivity contribution < 1.29 is 24.2 Å². The highest BCUT2D eigenvalue weighted by molar-refractivity contribution is 6.26. The van der Waals surface area contributed by atoms with Crippen molar-refractivity contribution in [3.8, 4) is 11.4 Å². The van der Waals surface area contributed by atoms with Crippen LogP contribution in [0, 0.1) is 0 Å².